The van der Waals surface area contributed by atoms with Gasteiger partial charge < -0.3 is 10.6 Å². The lowest BCUT2D eigenvalue weighted by molar-refractivity contribution is -0.117. The van der Waals surface area contributed by atoms with Gasteiger partial charge in [-0.3, -0.25) is 9.59 Å². The molecule has 1 saturated carbocycles. The second kappa shape index (κ2) is 9.85. The molecule has 178 valence electrons. The highest BCUT2D eigenvalue weighted by Gasteiger charge is 2.67. The fourth-order valence-corrected chi connectivity index (χ4v) is 5.13. The Hall–Kier alpha value is -2.53. The minimum absolute atomic E-state index is 0.0226. The van der Waals surface area contributed by atoms with E-state index in [2.05, 4.69) is 10.6 Å². The second-order valence-electron chi connectivity index (χ2n) is 7.75. The highest BCUT2D eigenvalue weighted by atomic mass is 35.5. The van der Waals surface area contributed by atoms with Gasteiger partial charge in [-0.2, -0.15) is 5.26 Å². The van der Waals surface area contributed by atoms with Crippen molar-refractivity contribution in [1.82, 2.24) is 0 Å². The van der Waals surface area contributed by atoms with Crippen molar-refractivity contribution in [2.45, 2.75) is 10.3 Å². The van der Waals surface area contributed by atoms with Gasteiger partial charge in [0, 0.05) is 17.2 Å². The van der Waals surface area contributed by atoms with Crippen LogP contribution in [-0.2, 0) is 4.79 Å². The van der Waals surface area contributed by atoms with E-state index in [9.17, 15) is 14.0 Å². The molecule has 35 heavy (non-hydrogen) atoms. The fraction of sp³-hybridized carbons (Fsp3) is 0.125. The summed E-state index contributed by atoms with van der Waals surface area (Å²) in [5.74, 6) is -3.00. The molecule has 0 bridgehead atoms. The minimum atomic E-state index is -1.39. The van der Waals surface area contributed by atoms with E-state index in [0.717, 1.165) is 12.1 Å². The molecule has 1 aliphatic carbocycles. The zero-order valence-electron chi connectivity index (χ0n) is 17.4. The summed E-state index contributed by atoms with van der Waals surface area (Å²) in [6.45, 7) is 0. The summed E-state index contributed by atoms with van der Waals surface area (Å²) in [7, 11) is 0. The second-order valence-corrected chi connectivity index (χ2v) is 10.4. The van der Waals surface area contributed by atoms with Gasteiger partial charge in [0.05, 0.1) is 32.2 Å². The number of alkyl halides is 2. The Morgan fingerprint density at radius 3 is 2.31 bits per heavy atom. The maximum atomic E-state index is 13.3. The van der Waals surface area contributed by atoms with Crippen LogP contribution in [0.4, 0.5) is 15.8 Å². The third kappa shape index (κ3) is 5.20. The van der Waals surface area contributed by atoms with Crippen molar-refractivity contribution in [2.75, 3.05) is 10.6 Å². The number of rotatable bonds is 5. The fourth-order valence-electron chi connectivity index (χ4n) is 3.69. The van der Waals surface area contributed by atoms with Crippen LogP contribution in [0.15, 0.2) is 54.6 Å². The maximum Gasteiger partial charge on any atom is 0.255 e. The molecule has 1 fully saturated rings. The number of nitriles is 1. The van der Waals surface area contributed by atoms with Gasteiger partial charge in [0.1, 0.15) is 16.2 Å². The van der Waals surface area contributed by atoms with Crippen LogP contribution in [0.5, 0.6) is 0 Å². The zero-order chi connectivity index (χ0) is 25.5. The molecular formula is C24H13Cl5FN3O2. The largest absolute Gasteiger partial charge is 0.326 e. The first-order valence-corrected chi connectivity index (χ1v) is 11.9. The molecule has 0 saturated heterocycles. The van der Waals surface area contributed by atoms with Crippen LogP contribution in [-0.4, -0.2) is 16.1 Å². The van der Waals surface area contributed by atoms with E-state index >= 15 is 0 Å². The molecule has 3 aromatic rings. The van der Waals surface area contributed by atoms with Crippen LogP contribution in [0.2, 0.25) is 15.1 Å². The number of halogens is 6. The number of carbonyl (C=O) groups is 2. The molecule has 11 heteroatoms. The van der Waals surface area contributed by atoms with Gasteiger partial charge in [0.25, 0.3) is 5.91 Å². The van der Waals surface area contributed by atoms with Crippen LogP contribution in [0.3, 0.4) is 0 Å². The van der Waals surface area contributed by atoms with Crippen molar-refractivity contribution in [1.29, 1.82) is 5.26 Å². The standard InChI is InChI=1S/C24H13Cl5FN3O2/c25-16-8-12(9-17(26)21(16)27)19-20(24(19,28)29)23(35)32-15-3-1-2-11(7-15)22(34)33-18-5-4-14(30)6-13(18)10-31/h1-9,19-20H,(H,32,35)(H,33,34). The molecule has 2 amide bonds. The maximum absolute atomic E-state index is 13.3. The average molecular weight is 572 g/mol. The van der Waals surface area contributed by atoms with Crippen LogP contribution in [0, 0.1) is 23.1 Å². The first-order chi connectivity index (χ1) is 16.5. The Labute approximate surface area is 224 Å². The number of nitrogens with zero attached hydrogens (tertiary/aromatic N) is 1. The van der Waals surface area contributed by atoms with Gasteiger partial charge in [0.15, 0.2) is 0 Å². The SMILES string of the molecule is N#Cc1cc(F)ccc1NC(=O)c1cccc(NC(=O)C2C(c3cc(Cl)c(Cl)c(Cl)c3)C2(Cl)Cl)c1. The number of anilines is 2. The summed E-state index contributed by atoms with van der Waals surface area (Å²) in [5.41, 5.74) is 1.22. The van der Waals surface area contributed by atoms with E-state index in [-0.39, 0.29) is 31.9 Å². The number of carbonyl (C=O) groups excluding carboxylic acids is 2. The van der Waals surface area contributed by atoms with Crippen molar-refractivity contribution in [3.8, 4) is 6.07 Å². The van der Waals surface area contributed by atoms with Gasteiger partial charge >= 0.3 is 0 Å². The molecule has 1 aliphatic rings. The quantitative estimate of drug-likeness (QED) is 0.247. The van der Waals surface area contributed by atoms with E-state index in [1.54, 1.807) is 24.3 Å². The van der Waals surface area contributed by atoms with Gasteiger partial charge in [-0.15, -0.1) is 23.2 Å². The average Bonchev–Trinajstić information content (AvgIpc) is 3.40. The number of benzene rings is 3. The summed E-state index contributed by atoms with van der Waals surface area (Å²) < 4.78 is 12.0. The third-order valence-corrected chi connectivity index (χ3v) is 7.58. The number of amides is 2. The normalized spacial score (nSPS) is 17.9. The first kappa shape index (κ1) is 25.6. The Morgan fingerprint density at radius 2 is 1.66 bits per heavy atom. The molecule has 4 rings (SSSR count). The summed E-state index contributed by atoms with van der Waals surface area (Å²) in [6, 6.07) is 14.5. The van der Waals surface area contributed by atoms with E-state index < -0.39 is 33.8 Å². The van der Waals surface area contributed by atoms with Crippen LogP contribution < -0.4 is 10.6 Å². The van der Waals surface area contributed by atoms with Crippen molar-refractivity contribution in [3.63, 3.8) is 0 Å². The molecule has 0 radical (unpaired) electrons. The van der Waals surface area contributed by atoms with Crippen molar-refractivity contribution in [3.05, 3.63) is 92.2 Å². The Balaban J connectivity index is 1.49. The lowest BCUT2D eigenvalue weighted by Gasteiger charge is -2.10. The number of hydrogen-bond donors (Lipinski definition) is 2. The molecule has 2 unspecified atom stereocenters. The van der Waals surface area contributed by atoms with Gasteiger partial charge in [-0.25, -0.2) is 4.39 Å². The van der Waals surface area contributed by atoms with Gasteiger partial charge in [0.2, 0.25) is 5.91 Å². The minimum Gasteiger partial charge on any atom is -0.326 e. The molecule has 0 spiro atoms. The predicted octanol–water partition coefficient (Wildman–Crippen LogP) is 7.44. The lowest BCUT2D eigenvalue weighted by Crippen LogP contribution is -2.18. The molecular weight excluding hydrogens is 559 g/mol. The molecule has 5 nitrogen and oxygen atoms in total. The highest BCUT2D eigenvalue weighted by molar-refractivity contribution is 6.54. The topological polar surface area (TPSA) is 82.0 Å². The summed E-state index contributed by atoms with van der Waals surface area (Å²) in [6.07, 6.45) is 0. The molecule has 3 aromatic carbocycles. The van der Waals surface area contributed by atoms with Crippen LogP contribution in [0.1, 0.15) is 27.4 Å². The van der Waals surface area contributed by atoms with Crippen molar-refractivity contribution >= 4 is 81.2 Å². The first-order valence-electron chi connectivity index (χ1n) is 9.97. The molecule has 2 N–H and O–H groups in total. The summed E-state index contributed by atoms with van der Waals surface area (Å²) in [4.78, 5) is 25.6. The summed E-state index contributed by atoms with van der Waals surface area (Å²) >= 11 is 31.0. The molecule has 2 atom stereocenters. The highest BCUT2D eigenvalue weighted by Crippen LogP contribution is 2.65. The van der Waals surface area contributed by atoms with Crippen molar-refractivity contribution < 1.29 is 14.0 Å². The molecule has 0 aromatic heterocycles. The Kier molecular flexibility index (Phi) is 7.19. The van der Waals surface area contributed by atoms with E-state index in [4.69, 9.17) is 63.3 Å². The lowest BCUT2D eigenvalue weighted by atomic mass is 10.1. The molecule has 0 heterocycles. The van der Waals surface area contributed by atoms with Gasteiger partial charge in [-0.1, -0.05) is 40.9 Å². The zero-order valence-corrected chi connectivity index (χ0v) is 21.2. The van der Waals surface area contributed by atoms with Gasteiger partial charge in [-0.05, 0) is 54.1 Å². The monoisotopic (exact) mass is 569 g/mol. The number of nitrogens with one attached hydrogen (secondary N) is 2. The predicted molar refractivity (Wildman–Crippen MR) is 136 cm³/mol. The summed E-state index contributed by atoms with van der Waals surface area (Å²) in [5, 5.41) is 15.0. The number of hydrogen-bond acceptors (Lipinski definition) is 3. The molecule has 0 aliphatic heterocycles. The van der Waals surface area contributed by atoms with E-state index in [0.29, 0.717) is 11.3 Å². The van der Waals surface area contributed by atoms with E-state index in [1.807, 2.05) is 6.07 Å². The smallest absolute Gasteiger partial charge is 0.255 e. The van der Waals surface area contributed by atoms with Crippen LogP contribution >= 0.6 is 58.0 Å². The third-order valence-electron chi connectivity index (χ3n) is 5.44. The Bertz CT molecular complexity index is 1380. The van der Waals surface area contributed by atoms with E-state index in [1.165, 1.54) is 18.2 Å². The van der Waals surface area contributed by atoms with Crippen LogP contribution in [0.25, 0.3) is 0 Å². The Morgan fingerprint density at radius 1 is 0.971 bits per heavy atom. The van der Waals surface area contributed by atoms with Crippen molar-refractivity contribution in [2.24, 2.45) is 5.92 Å².